The zero-order chi connectivity index (χ0) is 12.5. The third-order valence-electron chi connectivity index (χ3n) is 3.64. The van der Waals surface area contributed by atoms with Crippen LogP contribution in [0.25, 0.3) is 11.0 Å². The molecule has 0 spiro atoms. The minimum Gasteiger partial charge on any atom is -0.354 e. The second-order valence-corrected chi connectivity index (χ2v) is 4.88. The molecule has 1 fully saturated rings. The molecule has 4 nitrogen and oxygen atoms in total. The lowest BCUT2D eigenvalue weighted by molar-refractivity contribution is 0.675. The van der Waals surface area contributed by atoms with E-state index in [0.717, 1.165) is 35.6 Å². The first-order valence-electron chi connectivity index (χ1n) is 6.42. The second-order valence-electron chi connectivity index (χ2n) is 4.88. The van der Waals surface area contributed by atoms with Gasteiger partial charge in [0, 0.05) is 19.6 Å². The third-order valence-corrected chi connectivity index (χ3v) is 3.64. The molecule has 94 valence electrons. The first kappa shape index (κ1) is 11.4. The summed E-state index contributed by atoms with van der Waals surface area (Å²) in [5.41, 5.74) is 2.94. The summed E-state index contributed by atoms with van der Waals surface area (Å²) in [6.07, 6.45) is 1.17. The molecule has 0 saturated carbocycles. The summed E-state index contributed by atoms with van der Waals surface area (Å²) in [6, 6.07) is 8.56. The summed E-state index contributed by atoms with van der Waals surface area (Å²) < 4.78 is 0. The molecule has 1 atom stereocenters. The summed E-state index contributed by atoms with van der Waals surface area (Å²) in [6.45, 7) is 4.16. The number of aromatic nitrogens is 2. The van der Waals surface area contributed by atoms with Crippen LogP contribution in [0.15, 0.2) is 24.3 Å². The van der Waals surface area contributed by atoms with Crippen LogP contribution >= 0.6 is 0 Å². The number of nitrogens with zero attached hydrogens (tertiary/aromatic N) is 3. The fourth-order valence-electron chi connectivity index (χ4n) is 2.56. The SMILES string of the molecule is Cc1nc2ccccc2nc1N(C)C1CCNC1. The lowest BCUT2D eigenvalue weighted by Crippen LogP contribution is -2.34. The van der Waals surface area contributed by atoms with Gasteiger partial charge in [-0.25, -0.2) is 9.97 Å². The maximum atomic E-state index is 4.75. The molecule has 2 heterocycles. The van der Waals surface area contributed by atoms with Gasteiger partial charge in [-0.2, -0.15) is 0 Å². The van der Waals surface area contributed by atoms with Crippen LogP contribution in [0.5, 0.6) is 0 Å². The zero-order valence-electron chi connectivity index (χ0n) is 10.8. The van der Waals surface area contributed by atoms with E-state index < -0.39 is 0 Å². The van der Waals surface area contributed by atoms with Crippen LogP contribution in [0, 0.1) is 6.92 Å². The number of hydrogen-bond acceptors (Lipinski definition) is 4. The van der Waals surface area contributed by atoms with Gasteiger partial charge in [0.2, 0.25) is 0 Å². The number of benzene rings is 1. The molecule has 1 unspecified atom stereocenters. The molecule has 1 N–H and O–H groups in total. The molecule has 3 rings (SSSR count). The van der Waals surface area contributed by atoms with Gasteiger partial charge in [0.1, 0.15) is 0 Å². The molecule has 0 aliphatic carbocycles. The second kappa shape index (κ2) is 4.53. The predicted molar refractivity (Wildman–Crippen MR) is 74.0 cm³/mol. The molecule has 1 aromatic heterocycles. The van der Waals surface area contributed by atoms with E-state index in [9.17, 15) is 0 Å². The molecule has 1 aliphatic rings. The largest absolute Gasteiger partial charge is 0.354 e. The average molecular weight is 242 g/mol. The Balaban J connectivity index is 2.02. The molecule has 0 bridgehead atoms. The minimum absolute atomic E-state index is 0.527. The van der Waals surface area contributed by atoms with Crippen molar-refractivity contribution in [2.45, 2.75) is 19.4 Å². The van der Waals surface area contributed by atoms with Crippen molar-refractivity contribution in [2.75, 3.05) is 25.0 Å². The fourth-order valence-corrected chi connectivity index (χ4v) is 2.56. The summed E-state index contributed by atoms with van der Waals surface area (Å²) in [5.74, 6) is 1.00. The predicted octanol–water partition coefficient (Wildman–Crippen LogP) is 1.74. The van der Waals surface area contributed by atoms with E-state index in [2.05, 4.69) is 22.2 Å². The first-order chi connectivity index (χ1) is 8.75. The van der Waals surface area contributed by atoms with E-state index in [1.807, 2.05) is 31.2 Å². The number of nitrogens with one attached hydrogen (secondary N) is 1. The number of hydrogen-bond donors (Lipinski definition) is 1. The van der Waals surface area contributed by atoms with Gasteiger partial charge in [-0.1, -0.05) is 12.1 Å². The summed E-state index contributed by atoms with van der Waals surface area (Å²) in [4.78, 5) is 11.7. The van der Waals surface area contributed by atoms with Crippen LogP contribution in [0.2, 0.25) is 0 Å². The van der Waals surface area contributed by atoms with Gasteiger partial charge in [0.15, 0.2) is 5.82 Å². The van der Waals surface area contributed by atoms with Crippen LogP contribution in [0.1, 0.15) is 12.1 Å². The maximum Gasteiger partial charge on any atom is 0.150 e. The average Bonchev–Trinajstić information content (AvgIpc) is 2.91. The molecule has 1 aliphatic heterocycles. The molecule has 0 amide bonds. The van der Waals surface area contributed by atoms with Crippen LogP contribution in [0.3, 0.4) is 0 Å². The van der Waals surface area contributed by atoms with Gasteiger partial charge in [-0.05, 0) is 32.0 Å². The van der Waals surface area contributed by atoms with Crippen LogP contribution in [-0.2, 0) is 0 Å². The van der Waals surface area contributed by atoms with Crippen LogP contribution in [-0.4, -0.2) is 36.1 Å². The van der Waals surface area contributed by atoms with Crippen molar-refractivity contribution in [2.24, 2.45) is 0 Å². The normalized spacial score (nSPS) is 19.3. The van der Waals surface area contributed by atoms with Gasteiger partial charge in [-0.3, -0.25) is 0 Å². The van der Waals surface area contributed by atoms with E-state index in [0.29, 0.717) is 6.04 Å². The van der Waals surface area contributed by atoms with E-state index in [1.54, 1.807) is 0 Å². The number of aryl methyl sites for hydroxylation is 1. The molecular weight excluding hydrogens is 224 g/mol. The Hall–Kier alpha value is -1.68. The van der Waals surface area contributed by atoms with E-state index >= 15 is 0 Å². The van der Waals surface area contributed by atoms with Crippen molar-refractivity contribution < 1.29 is 0 Å². The molecule has 0 radical (unpaired) electrons. The van der Waals surface area contributed by atoms with Crippen molar-refractivity contribution >= 4 is 16.9 Å². The monoisotopic (exact) mass is 242 g/mol. The van der Waals surface area contributed by atoms with Crippen LogP contribution in [0.4, 0.5) is 5.82 Å². The van der Waals surface area contributed by atoms with Gasteiger partial charge >= 0.3 is 0 Å². The van der Waals surface area contributed by atoms with Gasteiger partial charge in [0.05, 0.1) is 16.7 Å². The van der Waals surface area contributed by atoms with Crippen molar-refractivity contribution in [3.63, 3.8) is 0 Å². The number of fused-ring (bicyclic) bond motifs is 1. The van der Waals surface area contributed by atoms with E-state index in [4.69, 9.17) is 4.98 Å². The van der Waals surface area contributed by atoms with E-state index in [1.165, 1.54) is 6.42 Å². The quantitative estimate of drug-likeness (QED) is 0.871. The lowest BCUT2D eigenvalue weighted by Gasteiger charge is -2.26. The molecule has 1 aromatic carbocycles. The van der Waals surface area contributed by atoms with Crippen molar-refractivity contribution in [3.05, 3.63) is 30.0 Å². The van der Waals surface area contributed by atoms with Crippen molar-refractivity contribution in [1.82, 2.24) is 15.3 Å². The Labute approximate surface area is 107 Å². The molecule has 2 aromatic rings. The third kappa shape index (κ3) is 1.93. The topological polar surface area (TPSA) is 41.1 Å². The highest BCUT2D eigenvalue weighted by atomic mass is 15.2. The Morgan fingerprint density at radius 3 is 2.61 bits per heavy atom. The highest BCUT2D eigenvalue weighted by Gasteiger charge is 2.22. The molecule has 4 heteroatoms. The van der Waals surface area contributed by atoms with E-state index in [-0.39, 0.29) is 0 Å². The number of rotatable bonds is 2. The Kier molecular flexibility index (Phi) is 2.88. The Morgan fingerprint density at radius 1 is 1.22 bits per heavy atom. The maximum absolute atomic E-state index is 4.75. The van der Waals surface area contributed by atoms with Crippen molar-refractivity contribution in [1.29, 1.82) is 0 Å². The molecular formula is C14H18N4. The van der Waals surface area contributed by atoms with Crippen molar-refractivity contribution in [3.8, 4) is 0 Å². The smallest absolute Gasteiger partial charge is 0.150 e. The molecule has 18 heavy (non-hydrogen) atoms. The van der Waals surface area contributed by atoms with Crippen LogP contribution < -0.4 is 10.2 Å². The Bertz CT molecular complexity index is 561. The van der Waals surface area contributed by atoms with Gasteiger partial charge < -0.3 is 10.2 Å². The van der Waals surface area contributed by atoms with Gasteiger partial charge in [-0.15, -0.1) is 0 Å². The zero-order valence-corrected chi connectivity index (χ0v) is 10.8. The minimum atomic E-state index is 0.527. The summed E-state index contributed by atoms with van der Waals surface area (Å²) in [5, 5.41) is 3.39. The highest BCUT2D eigenvalue weighted by molar-refractivity contribution is 5.76. The number of likely N-dealkylation sites (N-methyl/N-ethyl adjacent to an activating group) is 1. The fraction of sp³-hybridized carbons (Fsp3) is 0.429. The summed E-state index contributed by atoms with van der Waals surface area (Å²) >= 11 is 0. The standard InChI is InChI=1S/C14H18N4/c1-10-14(18(2)11-7-8-15-9-11)17-13-6-4-3-5-12(13)16-10/h3-6,11,15H,7-9H2,1-2H3. The number of anilines is 1. The lowest BCUT2D eigenvalue weighted by atomic mass is 10.2. The van der Waals surface area contributed by atoms with Gasteiger partial charge in [0.25, 0.3) is 0 Å². The molecule has 1 saturated heterocycles. The Morgan fingerprint density at radius 2 is 1.94 bits per heavy atom. The summed E-state index contributed by atoms with van der Waals surface area (Å²) in [7, 11) is 2.11. The highest BCUT2D eigenvalue weighted by Crippen LogP contribution is 2.22. The number of para-hydroxylation sites is 2. The first-order valence-corrected chi connectivity index (χ1v) is 6.42.